The van der Waals surface area contributed by atoms with E-state index in [1.165, 1.54) is 0 Å². The number of urea groups is 1. The van der Waals surface area contributed by atoms with Crippen molar-refractivity contribution in [2.75, 3.05) is 81.6 Å². The van der Waals surface area contributed by atoms with Gasteiger partial charge in [-0.05, 0) is 13.5 Å². The molecule has 0 saturated carbocycles. The average Bonchev–Trinajstić information content (AvgIpc) is 3.24. The van der Waals surface area contributed by atoms with E-state index < -0.39 is 0 Å². The molecule has 2 aromatic rings. The van der Waals surface area contributed by atoms with Crippen molar-refractivity contribution in [1.29, 1.82) is 0 Å². The second-order valence-electron chi connectivity index (χ2n) is 8.08. The Hall–Kier alpha value is -3.05. The first kappa shape index (κ1) is 19.9. The molecule has 2 aromatic heterocycles. The number of carbonyl (C=O) groups is 1. The number of hydrogen-bond acceptors (Lipinski definition) is 9. The van der Waals surface area contributed by atoms with Crippen LogP contribution in [0, 0.1) is 0 Å². The zero-order chi connectivity index (χ0) is 21.4. The van der Waals surface area contributed by atoms with Gasteiger partial charge in [-0.2, -0.15) is 4.98 Å². The molecule has 5 rings (SSSR count). The quantitative estimate of drug-likeness (QED) is 0.714. The molecule has 0 atom stereocenters. The van der Waals surface area contributed by atoms with E-state index in [2.05, 4.69) is 26.8 Å². The van der Waals surface area contributed by atoms with Crippen molar-refractivity contribution in [2.24, 2.45) is 0 Å². The molecule has 164 valence electrons. The number of anilines is 3. The Labute approximate surface area is 180 Å². The van der Waals surface area contributed by atoms with E-state index in [1.54, 1.807) is 17.3 Å². The van der Waals surface area contributed by atoms with Crippen LogP contribution in [0.15, 0.2) is 12.4 Å². The third kappa shape index (κ3) is 3.86. The molecule has 3 aliphatic heterocycles. The number of carbonyl (C=O) groups excluding carboxylic acids is 1. The van der Waals surface area contributed by atoms with Crippen molar-refractivity contribution < 1.29 is 9.53 Å². The maximum absolute atomic E-state index is 13.3. The lowest BCUT2D eigenvalue weighted by atomic mass is 10.1. The molecule has 11 heteroatoms. The van der Waals surface area contributed by atoms with Crippen LogP contribution >= 0.6 is 0 Å². The van der Waals surface area contributed by atoms with E-state index in [-0.39, 0.29) is 12.0 Å². The highest BCUT2D eigenvalue weighted by Crippen LogP contribution is 2.36. The van der Waals surface area contributed by atoms with Crippen LogP contribution < -0.4 is 15.5 Å². The first-order valence-electron chi connectivity index (χ1n) is 10.7. The lowest BCUT2D eigenvalue weighted by molar-refractivity contribution is 0.122. The van der Waals surface area contributed by atoms with E-state index in [0.717, 1.165) is 43.0 Å². The molecule has 5 heterocycles. The molecule has 3 aliphatic rings. The number of nitrogens with two attached hydrogens (primary N) is 1. The van der Waals surface area contributed by atoms with Crippen LogP contribution in [0.3, 0.4) is 0 Å². The average molecular weight is 425 g/mol. The smallest absolute Gasteiger partial charge is 0.325 e. The molecule has 0 radical (unpaired) electrons. The number of fused-ring (bicyclic) bond motifs is 1. The molecule has 0 spiro atoms. The number of hydrogen-bond donors (Lipinski definition) is 1. The number of likely N-dealkylation sites (N-methyl/N-ethyl adjacent to an activating group) is 1. The lowest BCUT2D eigenvalue weighted by Crippen LogP contribution is -2.51. The lowest BCUT2D eigenvalue weighted by Gasteiger charge is -2.35. The highest BCUT2D eigenvalue weighted by molar-refractivity contribution is 5.94. The Morgan fingerprint density at radius 2 is 1.71 bits per heavy atom. The Balaban J connectivity index is 1.53. The highest BCUT2D eigenvalue weighted by atomic mass is 16.5. The highest BCUT2D eigenvalue weighted by Gasteiger charge is 2.34. The van der Waals surface area contributed by atoms with Gasteiger partial charge >= 0.3 is 6.03 Å². The van der Waals surface area contributed by atoms with Gasteiger partial charge in [-0.1, -0.05) is 0 Å². The molecule has 31 heavy (non-hydrogen) atoms. The van der Waals surface area contributed by atoms with Crippen LogP contribution in [-0.2, 0) is 11.2 Å². The second-order valence-corrected chi connectivity index (χ2v) is 8.08. The van der Waals surface area contributed by atoms with Crippen molar-refractivity contribution in [3.63, 3.8) is 0 Å². The first-order valence-corrected chi connectivity index (χ1v) is 10.7. The SMILES string of the molecule is CN1CCN(C(=O)N2CCc3c(-c4cnc(N)nc4)nc(N4CCOCC4)nc32)CC1. The molecule has 0 aromatic carbocycles. The summed E-state index contributed by atoms with van der Waals surface area (Å²) in [5, 5.41) is 0. The number of aromatic nitrogens is 4. The van der Waals surface area contributed by atoms with Crippen molar-refractivity contribution >= 4 is 23.7 Å². The fourth-order valence-corrected chi connectivity index (χ4v) is 4.20. The third-order valence-corrected chi connectivity index (χ3v) is 6.06. The Morgan fingerprint density at radius 1 is 1.00 bits per heavy atom. The summed E-state index contributed by atoms with van der Waals surface area (Å²) in [6.07, 6.45) is 4.05. The predicted molar refractivity (Wildman–Crippen MR) is 116 cm³/mol. The molecule has 2 fully saturated rings. The Kier molecular flexibility index (Phi) is 5.28. The predicted octanol–water partition coefficient (Wildman–Crippen LogP) is 0.0823. The zero-order valence-electron chi connectivity index (χ0n) is 17.7. The van der Waals surface area contributed by atoms with Gasteiger partial charge in [-0.3, -0.25) is 4.90 Å². The number of ether oxygens (including phenoxy) is 1. The van der Waals surface area contributed by atoms with Crippen molar-refractivity contribution in [2.45, 2.75) is 6.42 Å². The van der Waals surface area contributed by atoms with Gasteiger partial charge in [-0.25, -0.2) is 19.7 Å². The summed E-state index contributed by atoms with van der Waals surface area (Å²) in [6, 6.07) is 0.0120. The van der Waals surface area contributed by atoms with Crippen molar-refractivity contribution in [3.8, 4) is 11.3 Å². The van der Waals surface area contributed by atoms with E-state index in [4.69, 9.17) is 20.4 Å². The first-order chi connectivity index (χ1) is 15.1. The molecule has 2 saturated heterocycles. The van der Waals surface area contributed by atoms with Crippen LogP contribution in [0.5, 0.6) is 0 Å². The van der Waals surface area contributed by atoms with Crippen LogP contribution in [0.1, 0.15) is 5.56 Å². The van der Waals surface area contributed by atoms with E-state index >= 15 is 0 Å². The van der Waals surface area contributed by atoms with Crippen LogP contribution in [0.25, 0.3) is 11.3 Å². The number of nitrogens with zero attached hydrogens (tertiary/aromatic N) is 8. The molecule has 0 unspecified atom stereocenters. The molecule has 0 bridgehead atoms. The van der Waals surface area contributed by atoms with Crippen molar-refractivity contribution in [3.05, 3.63) is 18.0 Å². The van der Waals surface area contributed by atoms with Gasteiger partial charge in [0.25, 0.3) is 0 Å². The molecular formula is C20H27N9O2. The fourth-order valence-electron chi connectivity index (χ4n) is 4.20. The minimum atomic E-state index is 0.0120. The van der Waals surface area contributed by atoms with Gasteiger partial charge in [0, 0.05) is 69.3 Å². The molecule has 2 amide bonds. The van der Waals surface area contributed by atoms with Crippen molar-refractivity contribution in [1.82, 2.24) is 29.7 Å². The molecule has 11 nitrogen and oxygen atoms in total. The van der Waals surface area contributed by atoms with E-state index in [1.807, 2.05) is 4.90 Å². The monoisotopic (exact) mass is 425 g/mol. The summed E-state index contributed by atoms with van der Waals surface area (Å²) in [7, 11) is 2.08. The zero-order valence-corrected chi connectivity index (χ0v) is 17.7. The molecule has 0 aliphatic carbocycles. The molecule has 2 N–H and O–H groups in total. The summed E-state index contributed by atoms with van der Waals surface area (Å²) < 4.78 is 5.48. The maximum Gasteiger partial charge on any atom is 0.325 e. The van der Waals surface area contributed by atoms with Gasteiger partial charge in [0.1, 0.15) is 5.82 Å². The van der Waals surface area contributed by atoms with Gasteiger partial charge < -0.3 is 25.2 Å². The summed E-state index contributed by atoms with van der Waals surface area (Å²) in [6.45, 7) is 6.47. The van der Waals surface area contributed by atoms with Gasteiger partial charge in [-0.15, -0.1) is 0 Å². The summed E-state index contributed by atoms with van der Waals surface area (Å²) in [5.74, 6) is 1.51. The minimum Gasteiger partial charge on any atom is -0.378 e. The summed E-state index contributed by atoms with van der Waals surface area (Å²) >= 11 is 0. The van der Waals surface area contributed by atoms with Crippen LogP contribution in [0.4, 0.5) is 22.5 Å². The summed E-state index contributed by atoms with van der Waals surface area (Å²) in [5.41, 5.74) is 8.17. The normalized spacial score (nSPS) is 19.6. The Bertz CT molecular complexity index is 954. The largest absolute Gasteiger partial charge is 0.378 e. The van der Waals surface area contributed by atoms with Gasteiger partial charge in [0.15, 0.2) is 0 Å². The third-order valence-electron chi connectivity index (χ3n) is 6.06. The van der Waals surface area contributed by atoms with E-state index in [0.29, 0.717) is 51.0 Å². The number of morpholine rings is 1. The van der Waals surface area contributed by atoms with Crippen LogP contribution in [0.2, 0.25) is 0 Å². The van der Waals surface area contributed by atoms with E-state index in [9.17, 15) is 4.79 Å². The maximum atomic E-state index is 13.3. The Morgan fingerprint density at radius 3 is 2.42 bits per heavy atom. The number of piperazine rings is 1. The standard InChI is InChI=1S/C20H27N9O2/c1-26-4-6-28(7-5-26)20(30)29-3-2-15-16(14-12-22-18(21)23-13-14)24-19(25-17(15)29)27-8-10-31-11-9-27/h12-13H,2-11H2,1H3,(H2,21,22,23). The fraction of sp³-hybridized carbons (Fsp3) is 0.550. The minimum absolute atomic E-state index is 0.0120. The second kappa shape index (κ2) is 8.23. The van der Waals surface area contributed by atoms with Gasteiger partial charge in [0.2, 0.25) is 11.9 Å². The van der Waals surface area contributed by atoms with Crippen LogP contribution in [-0.4, -0.2) is 102 Å². The number of amides is 2. The topological polar surface area (TPSA) is 117 Å². The summed E-state index contributed by atoms with van der Waals surface area (Å²) in [4.78, 5) is 39.4. The number of rotatable bonds is 2. The number of nitrogen functional groups attached to an aromatic ring is 1. The van der Waals surface area contributed by atoms with Gasteiger partial charge in [0.05, 0.1) is 18.9 Å². The molecular weight excluding hydrogens is 398 g/mol.